The molecule has 0 radical (unpaired) electrons. The molecule has 0 aromatic heterocycles. The van der Waals surface area contributed by atoms with Gasteiger partial charge in [-0.2, -0.15) is 0 Å². The second-order valence-electron chi connectivity index (χ2n) is 5.79. The zero-order valence-corrected chi connectivity index (χ0v) is 11.9. The van der Waals surface area contributed by atoms with Crippen molar-refractivity contribution in [2.45, 2.75) is 39.7 Å². The molecule has 3 nitrogen and oxygen atoms in total. The number of halogens is 1. The van der Waals surface area contributed by atoms with Crippen molar-refractivity contribution >= 4 is 23.2 Å². The second kappa shape index (κ2) is 6.21. The number of anilines is 1. The maximum Gasteiger partial charge on any atom is 0.225 e. The molecule has 1 aromatic rings. The Morgan fingerprint density at radius 3 is 2.67 bits per heavy atom. The smallest absolute Gasteiger partial charge is 0.225 e. The molecule has 1 unspecified atom stereocenters. The highest BCUT2D eigenvalue weighted by Crippen LogP contribution is 2.21. The number of carbonyl (C=O) groups is 1. The Bertz CT molecular complexity index is 413. The number of benzene rings is 1. The van der Waals surface area contributed by atoms with Crippen molar-refractivity contribution in [3.63, 3.8) is 0 Å². The Hall–Kier alpha value is -1.06. The van der Waals surface area contributed by atoms with E-state index in [1.807, 2.05) is 0 Å². The molecular weight excluding hydrogens is 248 g/mol. The first-order chi connectivity index (χ1) is 8.26. The Balaban J connectivity index is 2.47. The van der Waals surface area contributed by atoms with Crippen LogP contribution in [0.5, 0.6) is 0 Å². The number of nitrogens with two attached hydrogens (primary N) is 1. The lowest BCUT2D eigenvalue weighted by Crippen LogP contribution is -2.31. The third-order valence-electron chi connectivity index (χ3n) is 2.43. The molecule has 4 heteroatoms. The molecule has 1 atom stereocenters. The molecule has 1 aromatic carbocycles. The molecule has 3 N–H and O–H groups in total. The van der Waals surface area contributed by atoms with Gasteiger partial charge in [-0.05, 0) is 30.0 Å². The van der Waals surface area contributed by atoms with Gasteiger partial charge < -0.3 is 11.1 Å². The summed E-state index contributed by atoms with van der Waals surface area (Å²) in [5.74, 6) is -0.0750. The highest BCUT2D eigenvalue weighted by atomic mass is 35.5. The minimum Gasteiger partial charge on any atom is -0.327 e. The molecule has 0 aliphatic heterocycles. The van der Waals surface area contributed by atoms with Crippen molar-refractivity contribution in [2.75, 3.05) is 5.32 Å². The third-order valence-corrected chi connectivity index (χ3v) is 2.67. The number of hydrogen-bond donors (Lipinski definition) is 2. The van der Waals surface area contributed by atoms with Crippen LogP contribution >= 0.6 is 11.6 Å². The van der Waals surface area contributed by atoms with Crippen LogP contribution in [0.15, 0.2) is 24.3 Å². The molecule has 100 valence electrons. The molecule has 0 saturated carbocycles. The molecule has 1 amide bonds. The van der Waals surface area contributed by atoms with Crippen molar-refractivity contribution in [2.24, 2.45) is 11.1 Å². The van der Waals surface area contributed by atoms with E-state index in [1.165, 1.54) is 0 Å². The number of amides is 1. The molecule has 0 heterocycles. The second-order valence-corrected chi connectivity index (χ2v) is 6.22. The van der Waals surface area contributed by atoms with Gasteiger partial charge >= 0.3 is 0 Å². The summed E-state index contributed by atoms with van der Waals surface area (Å²) in [7, 11) is 0. The highest BCUT2D eigenvalue weighted by Gasteiger charge is 2.18. The van der Waals surface area contributed by atoms with Gasteiger partial charge in [-0.25, -0.2) is 0 Å². The third kappa shape index (κ3) is 6.03. The van der Waals surface area contributed by atoms with Crippen LogP contribution in [0.1, 0.15) is 33.6 Å². The summed E-state index contributed by atoms with van der Waals surface area (Å²) in [6.07, 6.45) is 1.14. The zero-order chi connectivity index (χ0) is 13.8. The van der Waals surface area contributed by atoms with Gasteiger partial charge in [0.15, 0.2) is 0 Å². The molecule has 0 spiro atoms. The number of hydrogen-bond acceptors (Lipinski definition) is 2. The fourth-order valence-corrected chi connectivity index (χ4v) is 2.07. The molecule has 0 aliphatic carbocycles. The van der Waals surface area contributed by atoms with E-state index >= 15 is 0 Å². The van der Waals surface area contributed by atoms with Crippen LogP contribution in [0.4, 0.5) is 5.69 Å². The van der Waals surface area contributed by atoms with E-state index in [0.717, 1.165) is 6.42 Å². The van der Waals surface area contributed by atoms with Crippen molar-refractivity contribution in [1.82, 2.24) is 0 Å². The van der Waals surface area contributed by atoms with Crippen LogP contribution in [0, 0.1) is 5.41 Å². The van der Waals surface area contributed by atoms with Crippen molar-refractivity contribution in [3.8, 4) is 0 Å². The summed E-state index contributed by atoms with van der Waals surface area (Å²) in [6, 6.07) is 6.97. The van der Waals surface area contributed by atoms with Crippen LogP contribution in [0.25, 0.3) is 0 Å². The maximum absolute atomic E-state index is 11.8. The molecule has 0 bridgehead atoms. The standard InChI is InChI=1S/C14H21ClN2O/c1-14(2,3)9-11(16)8-13(18)17-12-6-4-5-10(15)7-12/h4-7,11H,8-9,16H2,1-3H3,(H,17,18). The Labute approximate surface area is 114 Å². The fraction of sp³-hybridized carbons (Fsp3) is 0.500. The van der Waals surface area contributed by atoms with Crippen LogP contribution in [0.3, 0.4) is 0 Å². The summed E-state index contributed by atoms with van der Waals surface area (Å²) in [4.78, 5) is 11.8. The molecule has 0 aliphatic rings. The first-order valence-electron chi connectivity index (χ1n) is 6.07. The minimum absolute atomic E-state index is 0.0750. The van der Waals surface area contributed by atoms with E-state index in [0.29, 0.717) is 17.1 Å². The van der Waals surface area contributed by atoms with Crippen molar-refractivity contribution in [1.29, 1.82) is 0 Å². The SMILES string of the molecule is CC(C)(C)CC(N)CC(=O)Nc1cccc(Cl)c1. The zero-order valence-electron chi connectivity index (χ0n) is 11.2. The lowest BCUT2D eigenvalue weighted by Gasteiger charge is -2.22. The van der Waals surface area contributed by atoms with Crippen LogP contribution < -0.4 is 11.1 Å². The Kier molecular flexibility index (Phi) is 5.17. The van der Waals surface area contributed by atoms with Crippen LogP contribution in [0.2, 0.25) is 5.02 Å². The van der Waals surface area contributed by atoms with Crippen LogP contribution in [-0.4, -0.2) is 11.9 Å². The van der Waals surface area contributed by atoms with Crippen LogP contribution in [-0.2, 0) is 4.79 Å². The maximum atomic E-state index is 11.8. The van der Waals surface area contributed by atoms with Gasteiger partial charge in [0.2, 0.25) is 5.91 Å². The van der Waals surface area contributed by atoms with E-state index in [9.17, 15) is 4.79 Å². The minimum atomic E-state index is -0.121. The molecule has 18 heavy (non-hydrogen) atoms. The van der Waals surface area contributed by atoms with E-state index in [1.54, 1.807) is 24.3 Å². The summed E-state index contributed by atoms with van der Waals surface area (Å²) < 4.78 is 0. The monoisotopic (exact) mass is 268 g/mol. The van der Waals surface area contributed by atoms with E-state index in [-0.39, 0.29) is 17.4 Å². The van der Waals surface area contributed by atoms with Crippen molar-refractivity contribution in [3.05, 3.63) is 29.3 Å². The lowest BCUT2D eigenvalue weighted by molar-refractivity contribution is -0.116. The number of rotatable bonds is 4. The van der Waals surface area contributed by atoms with Gasteiger partial charge in [-0.1, -0.05) is 38.4 Å². The molecule has 1 rings (SSSR count). The highest BCUT2D eigenvalue weighted by molar-refractivity contribution is 6.30. The van der Waals surface area contributed by atoms with E-state index in [4.69, 9.17) is 17.3 Å². The van der Waals surface area contributed by atoms with Crippen molar-refractivity contribution < 1.29 is 4.79 Å². The predicted octanol–water partition coefficient (Wildman–Crippen LogP) is 3.43. The van der Waals surface area contributed by atoms with Gasteiger partial charge in [0.1, 0.15) is 0 Å². The first-order valence-corrected chi connectivity index (χ1v) is 6.45. The normalized spacial score (nSPS) is 13.2. The molecule has 0 fully saturated rings. The fourth-order valence-electron chi connectivity index (χ4n) is 1.88. The largest absolute Gasteiger partial charge is 0.327 e. The summed E-state index contributed by atoms with van der Waals surface area (Å²) in [5.41, 5.74) is 6.80. The summed E-state index contributed by atoms with van der Waals surface area (Å²) in [5, 5.41) is 3.40. The average molecular weight is 269 g/mol. The van der Waals surface area contributed by atoms with Gasteiger partial charge in [0.05, 0.1) is 0 Å². The number of carbonyl (C=O) groups excluding carboxylic acids is 1. The van der Waals surface area contributed by atoms with Gasteiger partial charge in [-0.15, -0.1) is 0 Å². The summed E-state index contributed by atoms with van der Waals surface area (Å²) in [6.45, 7) is 6.34. The predicted molar refractivity (Wildman–Crippen MR) is 76.7 cm³/mol. The molecule has 0 saturated heterocycles. The Morgan fingerprint density at radius 1 is 1.44 bits per heavy atom. The van der Waals surface area contributed by atoms with Gasteiger partial charge in [-0.3, -0.25) is 4.79 Å². The quantitative estimate of drug-likeness (QED) is 0.879. The average Bonchev–Trinajstić information content (AvgIpc) is 2.13. The lowest BCUT2D eigenvalue weighted by atomic mass is 9.87. The number of nitrogens with one attached hydrogen (secondary N) is 1. The molecular formula is C14H21ClN2O. The topological polar surface area (TPSA) is 55.1 Å². The Morgan fingerprint density at radius 2 is 2.11 bits per heavy atom. The van der Waals surface area contributed by atoms with Gasteiger partial charge in [0, 0.05) is 23.2 Å². The summed E-state index contributed by atoms with van der Waals surface area (Å²) >= 11 is 5.85. The first kappa shape index (κ1) is 15.0. The van der Waals surface area contributed by atoms with E-state index in [2.05, 4.69) is 26.1 Å². The van der Waals surface area contributed by atoms with Gasteiger partial charge in [0.25, 0.3) is 0 Å². The van der Waals surface area contributed by atoms with E-state index < -0.39 is 0 Å².